The standard InChI is InChI=1S/C30H35N3O14/c1-18(34)45-30(26(36)37)13-5-6-24(46-30)44-23-12-7-19(17-42-28(39)43-21-10-8-20(9-11-21)33(40)41)16-22(23)25(35)31-14-15-32-27(38)47-29(2,3)4/h7-12,16,24H,5-6,13-15,17H2,1-4H3,(H,31,35)(H,32,38)(H,36,37). The largest absolute Gasteiger partial charge is 0.514 e. The topological polar surface area (TPSA) is 228 Å². The number of aliphatic carboxylic acids is 1. The van der Waals surface area contributed by atoms with E-state index in [-0.39, 0.29) is 61.7 Å². The molecule has 17 nitrogen and oxygen atoms in total. The minimum Gasteiger partial charge on any atom is -0.476 e. The molecule has 2 aromatic carbocycles. The fourth-order valence-corrected chi connectivity index (χ4v) is 4.17. The average molecular weight is 662 g/mol. The lowest BCUT2D eigenvalue weighted by Crippen LogP contribution is -2.51. The summed E-state index contributed by atoms with van der Waals surface area (Å²) < 4.78 is 31.7. The van der Waals surface area contributed by atoms with E-state index in [0.717, 1.165) is 19.1 Å². The number of nitro groups is 1. The first-order valence-corrected chi connectivity index (χ1v) is 14.3. The molecule has 1 saturated heterocycles. The van der Waals surface area contributed by atoms with Crippen LogP contribution in [0, 0.1) is 10.1 Å². The van der Waals surface area contributed by atoms with Crippen LogP contribution in [0.5, 0.6) is 11.5 Å². The molecule has 1 aliphatic rings. The van der Waals surface area contributed by atoms with Gasteiger partial charge in [0.15, 0.2) is 0 Å². The molecular weight excluding hydrogens is 626 g/mol. The summed E-state index contributed by atoms with van der Waals surface area (Å²) in [6, 6.07) is 8.94. The number of nitro benzene ring substituents is 1. The van der Waals surface area contributed by atoms with Gasteiger partial charge in [-0.15, -0.1) is 0 Å². The van der Waals surface area contributed by atoms with E-state index in [2.05, 4.69) is 10.6 Å². The van der Waals surface area contributed by atoms with Gasteiger partial charge in [-0.3, -0.25) is 24.4 Å². The van der Waals surface area contributed by atoms with E-state index in [4.69, 9.17) is 28.4 Å². The maximum absolute atomic E-state index is 13.2. The van der Waals surface area contributed by atoms with E-state index in [1.807, 2.05) is 0 Å². The van der Waals surface area contributed by atoms with Crippen LogP contribution in [0.1, 0.15) is 62.9 Å². The van der Waals surface area contributed by atoms with E-state index in [0.29, 0.717) is 5.56 Å². The van der Waals surface area contributed by atoms with Gasteiger partial charge in [-0.2, -0.15) is 0 Å². The maximum atomic E-state index is 13.2. The fraction of sp³-hybridized carbons (Fsp3) is 0.433. The first-order chi connectivity index (χ1) is 22.1. The Bertz CT molecular complexity index is 1490. The Kier molecular flexibility index (Phi) is 12.0. The number of nitrogens with one attached hydrogen (secondary N) is 2. The van der Waals surface area contributed by atoms with Crippen molar-refractivity contribution in [2.45, 2.75) is 71.2 Å². The van der Waals surface area contributed by atoms with Crippen molar-refractivity contribution in [2.24, 2.45) is 0 Å². The van der Waals surface area contributed by atoms with Gasteiger partial charge in [0.25, 0.3) is 11.6 Å². The minimum atomic E-state index is -2.28. The Hall–Kier alpha value is -5.45. The SMILES string of the molecule is CC(=O)OC1(C(=O)O)CCCC(Oc2ccc(COC(=O)Oc3ccc([N+](=O)[O-])cc3)cc2C(=O)NCCNC(=O)OC(C)(C)C)O1. The van der Waals surface area contributed by atoms with Gasteiger partial charge in [0.1, 0.15) is 23.7 Å². The summed E-state index contributed by atoms with van der Waals surface area (Å²) >= 11 is 0. The van der Waals surface area contributed by atoms with Crippen molar-refractivity contribution in [3.05, 3.63) is 63.7 Å². The second-order valence-corrected chi connectivity index (χ2v) is 11.1. The Morgan fingerprint density at radius 3 is 2.36 bits per heavy atom. The fourth-order valence-electron chi connectivity index (χ4n) is 4.17. The number of carboxylic acid groups (broad SMARTS) is 1. The lowest BCUT2D eigenvalue weighted by molar-refractivity contribution is -0.384. The zero-order chi connectivity index (χ0) is 34.8. The van der Waals surface area contributed by atoms with Crippen molar-refractivity contribution in [2.75, 3.05) is 13.1 Å². The molecule has 3 N–H and O–H groups in total. The zero-order valence-electron chi connectivity index (χ0n) is 26.1. The number of amides is 2. The van der Waals surface area contributed by atoms with Crippen molar-refractivity contribution >= 4 is 35.8 Å². The first kappa shape index (κ1) is 36.0. The number of alkyl carbamates (subject to hydrolysis) is 1. The summed E-state index contributed by atoms with van der Waals surface area (Å²) in [7, 11) is 0. The number of benzene rings is 2. The second-order valence-electron chi connectivity index (χ2n) is 11.1. The number of hydrogen-bond donors (Lipinski definition) is 3. The average Bonchev–Trinajstić information content (AvgIpc) is 2.98. The van der Waals surface area contributed by atoms with Crippen molar-refractivity contribution in [3.8, 4) is 11.5 Å². The van der Waals surface area contributed by atoms with Crippen molar-refractivity contribution in [1.82, 2.24) is 10.6 Å². The van der Waals surface area contributed by atoms with Crippen LogP contribution >= 0.6 is 0 Å². The van der Waals surface area contributed by atoms with E-state index < -0.39 is 52.7 Å². The number of carbonyl (C=O) groups excluding carboxylic acids is 4. The summed E-state index contributed by atoms with van der Waals surface area (Å²) in [6.07, 6.45) is -2.68. The summed E-state index contributed by atoms with van der Waals surface area (Å²) in [5.41, 5.74) is -0.655. The molecular formula is C30H35N3O14. The van der Waals surface area contributed by atoms with Crippen LogP contribution in [0.15, 0.2) is 42.5 Å². The molecule has 47 heavy (non-hydrogen) atoms. The molecule has 2 unspecified atom stereocenters. The number of esters is 1. The summed E-state index contributed by atoms with van der Waals surface area (Å²) in [5, 5.41) is 25.6. The number of carboxylic acids is 1. The monoisotopic (exact) mass is 661 g/mol. The number of non-ortho nitro benzene ring substituents is 1. The Morgan fingerprint density at radius 1 is 1.06 bits per heavy atom. The van der Waals surface area contributed by atoms with Gasteiger partial charge < -0.3 is 39.4 Å². The third-order valence-electron chi connectivity index (χ3n) is 6.13. The third-order valence-corrected chi connectivity index (χ3v) is 6.13. The van der Waals surface area contributed by atoms with E-state index in [1.165, 1.54) is 30.3 Å². The Balaban J connectivity index is 1.73. The van der Waals surface area contributed by atoms with Crippen LogP contribution in [0.3, 0.4) is 0 Å². The van der Waals surface area contributed by atoms with Gasteiger partial charge in [0.05, 0.1) is 10.5 Å². The predicted octanol–water partition coefficient (Wildman–Crippen LogP) is 3.81. The summed E-state index contributed by atoms with van der Waals surface area (Å²) in [4.78, 5) is 71.1. The van der Waals surface area contributed by atoms with Gasteiger partial charge >= 0.3 is 30.0 Å². The maximum Gasteiger partial charge on any atom is 0.514 e. The number of rotatable bonds is 12. The third kappa shape index (κ3) is 11.1. The lowest BCUT2D eigenvalue weighted by Gasteiger charge is -2.36. The van der Waals surface area contributed by atoms with Crippen LogP contribution < -0.4 is 20.1 Å². The predicted molar refractivity (Wildman–Crippen MR) is 158 cm³/mol. The molecule has 2 aromatic rings. The highest BCUT2D eigenvalue weighted by Crippen LogP contribution is 2.33. The highest BCUT2D eigenvalue weighted by Gasteiger charge is 2.48. The Morgan fingerprint density at radius 2 is 1.74 bits per heavy atom. The molecule has 1 fully saturated rings. The summed E-state index contributed by atoms with van der Waals surface area (Å²) in [6.45, 7) is 5.78. The van der Waals surface area contributed by atoms with Crippen LogP contribution in [-0.2, 0) is 35.1 Å². The van der Waals surface area contributed by atoms with Gasteiger partial charge in [0, 0.05) is 45.0 Å². The second kappa shape index (κ2) is 15.7. The number of carbonyl (C=O) groups is 5. The van der Waals surface area contributed by atoms with Crippen LogP contribution in [0.4, 0.5) is 15.3 Å². The molecule has 0 aliphatic carbocycles. The summed E-state index contributed by atoms with van der Waals surface area (Å²) in [5.74, 6) is -5.37. The Labute approximate surface area is 268 Å². The quantitative estimate of drug-likeness (QED) is 0.0734. The molecule has 2 atom stereocenters. The zero-order valence-corrected chi connectivity index (χ0v) is 26.1. The van der Waals surface area contributed by atoms with E-state index >= 15 is 0 Å². The normalized spacial score (nSPS) is 17.4. The molecule has 1 aliphatic heterocycles. The van der Waals surface area contributed by atoms with Crippen molar-refractivity contribution in [1.29, 1.82) is 0 Å². The minimum absolute atomic E-state index is 0.00285. The number of hydrogen-bond acceptors (Lipinski definition) is 13. The van der Waals surface area contributed by atoms with Gasteiger partial charge in [-0.1, -0.05) is 6.07 Å². The van der Waals surface area contributed by atoms with Gasteiger partial charge in [-0.05, 0) is 57.0 Å². The molecule has 0 radical (unpaired) electrons. The molecule has 0 saturated carbocycles. The van der Waals surface area contributed by atoms with Crippen molar-refractivity contribution in [3.63, 3.8) is 0 Å². The molecule has 0 bridgehead atoms. The highest BCUT2D eigenvalue weighted by atomic mass is 16.8. The smallest absolute Gasteiger partial charge is 0.476 e. The molecule has 1 heterocycles. The molecule has 254 valence electrons. The lowest BCUT2D eigenvalue weighted by atomic mass is 10.0. The molecule has 17 heteroatoms. The molecule has 2 amide bonds. The van der Waals surface area contributed by atoms with E-state index in [1.54, 1.807) is 20.8 Å². The highest BCUT2D eigenvalue weighted by molar-refractivity contribution is 5.97. The first-order valence-electron chi connectivity index (χ1n) is 14.3. The van der Waals surface area contributed by atoms with Crippen LogP contribution in [-0.4, -0.2) is 70.9 Å². The van der Waals surface area contributed by atoms with E-state index in [9.17, 15) is 39.2 Å². The van der Waals surface area contributed by atoms with Crippen LogP contribution in [0.25, 0.3) is 0 Å². The van der Waals surface area contributed by atoms with Crippen molar-refractivity contribution < 1.29 is 62.4 Å². The molecule has 0 aromatic heterocycles. The van der Waals surface area contributed by atoms with Gasteiger partial charge in [-0.25, -0.2) is 14.4 Å². The molecule has 0 spiro atoms. The number of nitrogens with zero attached hydrogens (tertiary/aromatic N) is 1. The van der Waals surface area contributed by atoms with Crippen LogP contribution in [0.2, 0.25) is 0 Å². The number of ether oxygens (including phenoxy) is 6. The van der Waals surface area contributed by atoms with Gasteiger partial charge in [0.2, 0.25) is 6.29 Å². The molecule has 3 rings (SSSR count).